The minimum absolute atomic E-state index is 0.0729. The summed E-state index contributed by atoms with van der Waals surface area (Å²) in [5.41, 5.74) is 2.10. The van der Waals surface area contributed by atoms with Gasteiger partial charge >= 0.3 is 0 Å². The van der Waals surface area contributed by atoms with Crippen LogP contribution in [-0.4, -0.2) is 12.9 Å². The third-order valence-corrected chi connectivity index (χ3v) is 3.65. The van der Waals surface area contributed by atoms with Crippen LogP contribution in [0.5, 0.6) is 5.75 Å². The van der Waals surface area contributed by atoms with Crippen molar-refractivity contribution in [2.45, 2.75) is 5.33 Å². The number of carbonyl (C=O) groups is 1. The first-order chi connectivity index (χ1) is 9.17. The van der Waals surface area contributed by atoms with Crippen molar-refractivity contribution in [1.82, 2.24) is 0 Å². The Balaban J connectivity index is 2.46. The van der Waals surface area contributed by atoms with Gasteiger partial charge in [0.2, 0.25) is 0 Å². The van der Waals surface area contributed by atoms with Crippen LogP contribution >= 0.6 is 27.5 Å². The van der Waals surface area contributed by atoms with Crippen molar-refractivity contribution < 1.29 is 9.53 Å². The number of hydrogen-bond donors (Lipinski definition) is 0. The van der Waals surface area contributed by atoms with Gasteiger partial charge in [0.1, 0.15) is 5.75 Å². The van der Waals surface area contributed by atoms with Gasteiger partial charge in [-0.3, -0.25) is 4.79 Å². The van der Waals surface area contributed by atoms with Crippen molar-refractivity contribution in [1.29, 1.82) is 0 Å². The molecule has 0 saturated carbocycles. The highest BCUT2D eigenvalue weighted by molar-refractivity contribution is 9.08. The molecule has 0 aliphatic rings. The lowest BCUT2D eigenvalue weighted by molar-refractivity contribution is 0.103. The summed E-state index contributed by atoms with van der Waals surface area (Å²) < 4.78 is 5.36. The van der Waals surface area contributed by atoms with Crippen LogP contribution < -0.4 is 4.74 Å². The molecule has 19 heavy (non-hydrogen) atoms. The average molecular weight is 340 g/mol. The fourth-order valence-corrected chi connectivity index (χ4v) is 2.43. The normalized spacial score (nSPS) is 10.3. The Kier molecular flexibility index (Phi) is 4.61. The molecule has 0 atom stereocenters. The number of benzene rings is 2. The molecule has 0 aromatic heterocycles. The summed E-state index contributed by atoms with van der Waals surface area (Å²) >= 11 is 9.22. The second-order valence-corrected chi connectivity index (χ2v) is 4.96. The predicted octanol–water partition coefficient (Wildman–Crippen LogP) is 4.47. The van der Waals surface area contributed by atoms with Gasteiger partial charge < -0.3 is 4.74 Å². The highest BCUT2D eigenvalue weighted by atomic mass is 79.9. The number of para-hydroxylation sites is 1. The van der Waals surface area contributed by atoms with Gasteiger partial charge in [-0.1, -0.05) is 39.7 Å². The van der Waals surface area contributed by atoms with Crippen molar-refractivity contribution in [3.05, 3.63) is 64.2 Å². The summed E-state index contributed by atoms with van der Waals surface area (Å²) in [4.78, 5) is 12.5. The molecule has 0 radical (unpaired) electrons. The molecule has 0 N–H and O–H groups in total. The molecule has 0 saturated heterocycles. The van der Waals surface area contributed by atoms with E-state index in [-0.39, 0.29) is 5.78 Å². The molecule has 0 bridgehead atoms. The van der Waals surface area contributed by atoms with Crippen LogP contribution in [0.25, 0.3) is 0 Å². The summed E-state index contributed by atoms with van der Waals surface area (Å²) in [6.45, 7) is 0. The lowest BCUT2D eigenvalue weighted by Crippen LogP contribution is -2.05. The molecule has 0 aliphatic heterocycles. The van der Waals surface area contributed by atoms with E-state index in [1.165, 1.54) is 0 Å². The van der Waals surface area contributed by atoms with Crippen LogP contribution in [0.3, 0.4) is 0 Å². The van der Waals surface area contributed by atoms with Gasteiger partial charge in [-0.05, 0) is 30.3 Å². The SMILES string of the molecule is COc1c(CBr)cccc1C(=O)c1ccc(Cl)cc1. The Hall–Kier alpha value is -1.32. The minimum Gasteiger partial charge on any atom is -0.496 e. The number of rotatable bonds is 4. The van der Waals surface area contributed by atoms with Gasteiger partial charge in [-0.15, -0.1) is 0 Å². The lowest BCUT2D eigenvalue weighted by atomic mass is 10.0. The van der Waals surface area contributed by atoms with Crippen molar-refractivity contribution in [2.75, 3.05) is 7.11 Å². The molecule has 2 rings (SSSR count). The van der Waals surface area contributed by atoms with Crippen molar-refractivity contribution in [3.63, 3.8) is 0 Å². The molecule has 0 spiro atoms. The van der Waals surface area contributed by atoms with Gasteiger partial charge in [-0.25, -0.2) is 0 Å². The maximum absolute atomic E-state index is 12.5. The highest BCUT2D eigenvalue weighted by Gasteiger charge is 2.16. The number of alkyl halides is 1. The Morgan fingerprint density at radius 1 is 1.21 bits per heavy atom. The van der Waals surface area contributed by atoms with Gasteiger partial charge in [-0.2, -0.15) is 0 Å². The van der Waals surface area contributed by atoms with E-state index < -0.39 is 0 Å². The van der Waals surface area contributed by atoms with E-state index in [2.05, 4.69) is 15.9 Å². The van der Waals surface area contributed by atoms with Gasteiger partial charge in [0, 0.05) is 21.5 Å². The summed E-state index contributed by atoms with van der Waals surface area (Å²) in [5.74, 6) is 0.538. The highest BCUT2D eigenvalue weighted by Crippen LogP contribution is 2.28. The quantitative estimate of drug-likeness (QED) is 0.606. The molecular weight excluding hydrogens is 328 g/mol. The van der Waals surface area contributed by atoms with Crippen LogP contribution in [0.4, 0.5) is 0 Å². The van der Waals surface area contributed by atoms with Crippen LogP contribution in [0.1, 0.15) is 21.5 Å². The molecule has 0 aliphatic carbocycles. The molecule has 98 valence electrons. The molecule has 0 amide bonds. The molecule has 2 nitrogen and oxygen atoms in total. The molecule has 2 aromatic rings. The Labute approximate surface area is 125 Å². The summed E-state index contributed by atoms with van der Waals surface area (Å²) in [7, 11) is 1.57. The Bertz CT molecular complexity index is 594. The number of hydrogen-bond acceptors (Lipinski definition) is 2. The number of ether oxygens (including phenoxy) is 1. The smallest absolute Gasteiger partial charge is 0.196 e. The second kappa shape index (κ2) is 6.22. The second-order valence-electron chi connectivity index (χ2n) is 3.97. The lowest BCUT2D eigenvalue weighted by Gasteiger charge is -2.11. The van der Waals surface area contributed by atoms with Gasteiger partial charge in [0.05, 0.1) is 12.7 Å². The van der Waals surface area contributed by atoms with Gasteiger partial charge in [0.25, 0.3) is 0 Å². The Morgan fingerprint density at radius 3 is 2.47 bits per heavy atom. The van der Waals surface area contributed by atoms with Crippen molar-refractivity contribution in [3.8, 4) is 5.75 Å². The standard InChI is InChI=1S/C15H12BrClO2/c1-19-15-11(9-16)3-2-4-13(15)14(18)10-5-7-12(17)8-6-10/h2-8H,9H2,1H3. The van der Waals surface area contributed by atoms with E-state index in [9.17, 15) is 4.79 Å². The number of halogens is 2. The van der Waals surface area contributed by atoms with E-state index in [0.29, 0.717) is 27.2 Å². The zero-order valence-corrected chi connectivity index (χ0v) is 12.7. The van der Waals surface area contributed by atoms with Crippen molar-refractivity contribution in [2.24, 2.45) is 0 Å². The van der Waals surface area contributed by atoms with E-state index >= 15 is 0 Å². The molecule has 2 aromatic carbocycles. The number of methoxy groups -OCH3 is 1. The fraction of sp³-hybridized carbons (Fsp3) is 0.133. The first-order valence-corrected chi connectivity index (χ1v) is 7.19. The van der Waals surface area contributed by atoms with Gasteiger partial charge in [0.15, 0.2) is 5.78 Å². The van der Waals surface area contributed by atoms with E-state index in [1.54, 1.807) is 37.4 Å². The Morgan fingerprint density at radius 2 is 1.89 bits per heavy atom. The van der Waals surface area contributed by atoms with E-state index in [0.717, 1.165) is 5.56 Å². The first-order valence-electron chi connectivity index (χ1n) is 5.69. The first kappa shape index (κ1) is 14.1. The number of ketones is 1. The van der Waals surface area contributed by atoms with Crippen LogP contribution in [0.2, 0.25) is 5.02 Å². The molecule has 4 heteroatoms. The third kappa shape index (κ3) is 2.99. The van der Waals surface area contributed by atoms with Crippen LogP contribution in [-0.2, 0) is 5.33 Å². The molecule has 0 fully saturated rings. The van der Waals surface area contributed by atoms with E-state index in [4.69, 9.17) is 16.3 Å². The summed E-state index contributed by atoms with van der Waals surface area (Å²) in [5, 5.41) is 1.25. The van der Waals surface area contributed by atoms with E-state index in [1.807, 2.05) is 12.1 Å². The maximum Gasteiger partial charge on any atom is 0.196 e. The monoisotopic (exact) mass is 338 g/mol. The van der Waals surface area contributed by atoms with Crippen LogP contribution in [0.15, 0.2) is 42.5 Å². The summed E-state index contributed by atoms with van der Waals surface area (Å²) in [6, 6.07) is 12.4. The molecule has 0 heterocycles. The minimum atomic E-state index is -0.0729. The maximum atomic E-state index is 12.5. The van der Waals surface area contributed by atoms with Crippen molar-refractivity contribution >= 4 is 33.3 Å². The fourth-order valence-electron chi connectivity index (χ4n) is 1.87. The zero-order chi connectivity index (χ0) is 13.8. The molecular formula is C15H12BrClO2. The summed E-state index contributed by atoms with van der Waals surface area (Å²) in [6.07, 6.45) is 0. The topological polar surface area (TPSA) is 26.3 Å². The third-order valence-electron chi connectivity index (χ3n) is 2.80. The zero-order valence-electron chi connectivity index (χ0n) is 10.3. The number of carbonyl (C=O) groups excluding carboxylic acids is 1. The predicted molar refractivity (Wildman–Crippen MR) is 80.5 cm³/mol. The van der Waals surface area contributed by atoms with Crippen LogP contribution in [0, 0.1) is 0 Å². The molecule has 0 unspecified atom stereocenters. The largest absolute Gasteiger partial charge is 0.496 e. The average Bonchev–Trinajstić information content (AvgIpc) is 2.46.